The Morgan fingerprint density at radius 1 is 0.346 bits per heavy atom. The number of para-hydroxylation sites is 8. The highest BCUT2D eigenvalue weighted by molar-refractivity contribution is 5.96. The zero-order valence-corrected chi connectivity index (χ0v) is 84.1. The van der Waals surface area contributed by atoms with Crippen LogP contribution >= 0.6 is 0 Å². The highest BCUT2D eigenvalue weighted by atomic mass is 16.2. The molecule has 4 amide bonds. The summed E-state index contributed by atoms with van der Waals surface area (Å²) in [6, 6.07) is 67.0. The maximum atomic E-state index is 13.8. The van der Waals surface area contributed by atoms with E-state index in [1.54, 1.807) is 0 Å². The molecule has 4 heterocycles. The molecule has 20 heteroatoms. The second-order valence-electron chi connectivity index (χ2n) is 41.5. The van der Waals surface area contributed by atoms with Crippen LogP contribution in [0, 0.1) is 47.3 Å². The van der Waals surface area contributed by atoms with Crippen LogP contribution < -0.4 is 21.3 Å². The Morgan fingerprint density at radius 2 is 0.662 bits per heavy atom. The predicted molar refractivity (Wildman–Crippen MR) is 557 cm³/mol. The minimum atomic E-state index is 0.0925. The number of carbonyl (C=O) groups excluding carboxylic acids is 4. The predicted octanol–water partition coefficient (Wildman–Crippen LogP) is 23.8. The summed E-state index contributed by atoms with van der Waals surface area (Å²) in [5, 5.41) is 14.1. The maximum Gasteiger partial charge on any atom is 0.254 e. The smallest absolute Gasteiger partial charge is 0.254 e. The van der Waals surface area contributed by atoms with Crippen LogP contribution in [0.5, 0.6) is 0 Å². The molecule has 8 aromatic carbocycles. The number of unbranched alkanes of at least 4 members (excludes halogenated alkanes) is 4. The molecule has 0 spiro atoms. The maximum absolute atomic E-state index is 13.8. The Balaban J connectivity index is 0.000000145. The van der Waals surface area contributed by atoms with Crippen LogP contribution in [0.15, 0.2) is 194 Å². The Hall–Kier alpha value is -10.6. The van der Waals surface area contributed by atoms with Gasteiger partial charge in [-0.05, 0) is 276 Å². The van der Waals surface area contributed by atoms with E-state index in [0.29, 0.717) is 61.9 Å². The van der Waals surface area contributed by atoms with Gasteiger partial charge in [0.25, 0.3) is 23.6 Å². The molecule has 0 aliphatic heterocycles. The standard InChI is InChI=1S/C31H44N4O.C30H42N4O.C28H36N4O.C27H36N4O/c1-4-5-6-9-18-32-21-26-11-10-12-27(20-26)31(36)34(19-17-24(2)3)23-30-33-28-13-7-8-14-29(28)35(30)22-25-15-16-25;1-5-23(4)18-31-19-25-9-8-10-26(17-25)30(35)33(16-15-22(2)3)21-29-32-27-11-6-7-12-28(27)34(29)20-24-13-14-24;1-20(2)14-15-31(28(33)23-7-5-6-22(16-23)17-29-24-12-13-24)19-27-30-25-8-3-4-9-26(25)32(27)18-21-10-11-21;1-4-5-15-30(27(32)23-10-8-9-22(16-23)17-28-20(2)3)19-26-29-24-11-6-7-12-25(24)31(26)18-21-13-14-21/h7-8,10-14,20,24-25,32H,4-6,9,15-19,21-23H2,1-3H3;6-12,17,22-24,31H,5,13-16,18-21H2,1-4H3;3-9,16,20-21,24,29H,10-15,17-19H2,1-2H3;6-12,16,20-21,28H,4-5,13-15,17-19H2,1-3H3. The van der Waals surface area contributed by atoms with Gasteiger partial charge in [-0.1, -0.05) is 212 Å². The van der Waals surface area contributed by atoms with Gasteiger partial charge in [-0.3, -0.25) is 19.2 Å². The van der Waals surface area contributed by atoms with Crippen molar-refractivity contribution in [1.29, 1.82) is 0 Å². The average Bonchev–Trinajstić information content (AvgIpc) is 1.65. The van der Waals surface area contributed by atoms with Crippen molar-refractivity contribution < 1.29 is 19.2 Å². The molecule has 4 aromatic heterocycles. The molecule has 0 bridgehead atoms. The molecule has 0 saturated heterocycles. The van der Waals surface area contributed by atoms with E-state index in [9.17, 15) is 19.2 Å². The van der Waals surface area contributed by atoms with Crippen molar-refractivity contribution in [1.82, 2.24) is 79.1 Å². The summed E-state index contributed by atoms with van der Waals surface area (Å²) in [4.78, 5) is 82.7. The minimum Gasteiger partial charge on any atom is -0.331 e. The van der Waals surface area contributed by atoms with Crippen molar-refractivity contribution in [2.75, 3.05) is 39.3 Å². The molecular formula is C116H158N16O4. The largest absolute Gasteiger partial charge is 0.331 e. The van der Waals surface area contributed by atoms with Crippen LogP contribution in [0.3, 0.4) is 0 Å². The highest BCUT2D eigenvalue weighted by Crippen LogP contribution is 2.38. The summed E-state index contributed by atoms with van der Waals surface area (Å²) in [7, 11) is 0. The van der Waals surface area contributed by atoms with Crippen LogP contribution in [0.2, 0.25) is 0 Å². The molecular weight excluding hydrogens is 1680 g/mol. The molecule has 1 atom stereocenters. The van der Waals surface area contributed by atoms with Crippen molar-refractivity contribution in [3.8, 4) is 0 Å². The monoisotopic (exact) mass is 1840 g/mol. The molecule has 5 fully saturated rings. The molecule has 1 unspecified atom stereocenters. The molecule has 136 heavy (non-hydrogen) atoms. The number of aromatic nitrogens is 8. The van der Waals surface area contributed by atoms with Crippen molar-refractivity contribution in [3.63, 3.8) is 0 Å². The third-order valence-corrected chi connectivity index (χ3v) is 27.3. The number of amides is 4. The molecule has 12 aromatic rings. The second kappa shape index (κ2) is 50.6. The zero-order valence-electron chi connectivity index (χ0n) is 84.1. The van der Waals surface area contributed by atoms with E-state index in [1.165, 1.54) is 130 Å². The third kappa shape index (κ3) is 30.7. The Kier molecular flexibility index (Phi) is 37.7. The lowest BCUT2D eigenvalue weighted by molar-refractivity contribution is 0.0722. The quantitative estimate of drug-likeness (QED) is 0.0263. The fraction of sp³-hybridized carbons (Fsp3) is 0.517. The van der Waals surface area contributed by atoms with E-state index in [0.717, 1.165) is 226 Å². The first-order valence-corrected chi connectivity index (χ1v) is 52.3. The summed E-state index contributed by atoms with van der Waals surface area (Å²) in [5.74, 6) is 9.65. The van der Waals surface area contributed by atoms with Gasteiger partial charge in [-0.15, -0.1) is 0 Å². The fourth-order valence-corrected chi connectivity index (χ4v) is 17.7. The average molecular weight is 1840 g/mol. The van der Waals surface area contributed by atoms with Gasteiger partial charge in [0.2, 0.25) is 0 Å². The van der Waals surface area contributed by atoms with E-state index in [2.05, 4.69) is 238 Å². The fourth-order valence-electron chi connectivity index (χ4n) is 17.7. The van der Waals surface area contributed by atoms with Crippen molar-refractivity contribution in [2.45, 2.75) is 302 Å². The van der Waals surface area contributed by atoms with Gasteiger partial charge < -0.3 is 59.1 Å². The Morgan fingerprint density at radius 3 is 0.971 bits per heavy atom. The van der Waals surface area contributed by atoms with Crippen LogP contribution in [-0.4, -0.2) is 133 Å². The van der Waals surface area contributed by atoms with Crippen LogP contribution in [0.25, 0.3) is 44.1 Å². The normalized spacial score (nSPS) is 14.4. The lowest BCUT2D eigenvalue weighted by Gasteiger charge is -2.24. The Labute approximate surface area is 811 Å². The lowest BCUT2D eigenvalue weighted by Crippen LogP contribution is -2.33. The van der Waals surface area contributed by atoms with E-state index in [1.807, 2.05) is 98.5 Å². The van der Waals surface area contributed by atoms with Crippen LogP contribution in [-0.2, 0) is 78.5 Å². The topological polar surface area (TPSA) is 201 Å². The minimum absolute atomic E-state index is 0.0925. The van der Waals surface area contributed by atoms with Gasteiger partial charge in [0, 0.05) is 113 Å². The number of nitrogens with one attached hydrogen (secondary N) is 4. The van der Waals surface area contributed by atoms with E-state index in [4.69, 9.17) is 19.9 Å². The number of imidazole rings is 4. The molecule has 5 aliphatic rings. The van der Waals surface area contributed by atoms with Crippen LogP contribution in [0.1, 0.15) is 298 Å². The van der Waals surface area contributed by atoms with Crippen molar-refractivity contribution >= 4 is 67.8 Å². The van der Waals surface area contributed by atoms with Gasteiger partial charge in [0.15, 0.2) is 0 Å². The van der Waals surface area contributed by atoms with Gasteiger partial charge >= 0.3 is 0 Å². The number of nitrogens with zero attached hydrogens (tertiary/aromatic N) is 12. The molecule has 5 aliphatic carbocycles. The van der Waals surface area contributed by atoms with E-state index in [-0.39, 0.29) is 23.6 Å². The van der Waals surface area contributed by atoms with Gasteiger partial charge in [-0.2, -0.15) is 0 Å². The zero-order chi connectivity index (χ0) is 95.4. The number of hydrogen-bond acceptors (Lipinski definition) is 12. The van der Waals surface area contributed by atoms with Crippen molar-refractivity contribution in [3.05, 3.63) is 262 Å². The highest BCUT2D eigenvalue weighted by Gasteiger charge is 2.33. The molecule has 4 N–H and O–H groups in total. The van der Waals surface area contributed by atoms with Gasteiger partial charge in [0.1, 0.15) is 23.3 Å². The first-order valence-electron chi connectivity index (χ1n) is 52.3. The summed E-state index contributed by atoms with van der Waals surface area (Å²) in [5.41, 5.74) is 16.5. The Bertz CT molecular complexity index is 5790. The molecule has 20 nitrogen and oxygen atoms in total. The van der Waals surface area contributed by atoms with Gasteiger partial charge in [0.05, 0.1) is 70.3 Å². The van der Waals surface area contributed by atoms with Gasteiger partial charge in [-0.25, -0.2) is 19.9 Å². The molecule has 5 saturated carbocycles. The summed E-state index contributed by atoms with van der Waals surface area (Å²) in [6.45, 7) is 40.8. The van der Waals surface area contributed by atoms with Crippen molar-refractivity contribution in [2.24, 2.45) is 47.3 Å². The number of carbonyl (C=O) groups is 4. The lowest BCUT2D eigenvalue weighted by atomic mass is 10.1. The molecule has 0 radical (unpaired) electrons. The third-order valence-electron chi connectivity index (χ3n) is 27.3. The number of hydrogen-bond donors (Lipinski definition) is 4. The summed E-state index contributed by atoms with van der Waals surface area (Å²) >= 11 is 0. The number of benzene rings is 8. The first-order chi connectivity index (χ1) is 66.1. The van der Waals surface area contributed by atoms with E-state index < -0.39 is 0 Å². The first kappa shape index (κ1) is 101. The summed E-state index contributed by atoms with van der Waals surface area (Å²) < 4.78 is 9.43. The molecule has 726 valence electrons. The summed E-state index contributed by atoms with van der Waals surface area (Å²) in [6.07, 6.45) is 24.1. The number of fused-ring (bicyclic) bond motifs is 4. The van der Waals surface area contributed by atoms with Crippen LogP contribution in [0.4, 0.5) is 0 Å². The molecule has 17 rings (SSSR count). The van der Waals surface area contributed by atoms with E-state index >= 15 is 0 Å². The SMILES string of the molecule is CC(C)CCN(Cc1nc2ccccc2n1CC1CC1)C(=O)c1cccc(CNC2CC2)c1.CCC(C)CNCc1cccc(C(=O)N(CCC(C)C)Cc2nc3ccccc3n2CC2CC2)c1.CCCCCCNCc1cccc(C(=O)N(CCC(C)C)Cc2nc3ccccc3n2CC2CC2)c1.CCCCN(Cc1nc2ccccc2n1CC1CC1)C(=O)c1cccc(CNC(C)C)c1. The number of rotatable bonds is 50. The second-order valence-corrected chi connectivity index (χ2v) is 41.5.